The molecular formula is C19H25NO2S. The summed E-state index contributed by atoms with van der Waals surface area (Å²) in [7, 11) is -3.55. The fourth-order valence-corrected chi connectivity index (χ4v) is 3.36. The van der Waals surface area contributed by atoms with Gasteiger partial charge in [0, 0.05) is 13.1 Å². The summed E-state index contributed by atoms with van der Waals surface area (Å²) in [5, 5.41) is 0. The molecule has 1 aromatic carbocycles. The van der Waals surface area contributed by atoms with Crippen LogP contribution in [0.15, 0.2) is 64.9 Å². The minimum Gasteiger partial charge on any atom is -0.207 e. The average Bonchev–Trinajstić information content (AvgIpc) is 2.54. The number of hydrogen-bond donors (Lipinski definition) is 0. The van der Waals surface area contributed by atoms with Crippen molar-refractivity contribution in [3.63, 3.8) is 0 Å². The zero-order chi connectivity index (χ0) is 17.3. The Morgan fingerprint density at radius 2 is 1.70 bits per heavy atom. The van der Waals surface area contributed by atoms with Crippen LogP contribution in [0.4, 0.5) is 0 Å². The fourth-order valence-electron chi connectivity index (χ4n) is 2.04. The first-order chi connectivity index (χ1) is 11.0. The Hall–Kier alpha value is -1.83. The summed E-state index contributed by atoms with van der Waals surface area (Å²) in [6, 6.07) is 6.88. The monoisotopic (exact) mass is 331 g/mol. The summed E-state index contributed by atoms with van der Waals surface area (Å²) in [5.41, 5.74) is 8.03. The van der Waals surface area contributed by atoms with Crippen molar-refractivity contribution in [3.05, 3.63) is 65.6 Å². The van der Waals surface area contributed by atoms with Crippen molar-refractivity contribution >= 4 is 10.0 Å². The molecule has 4 heteroatoms. The lowest BCUT2D eigenvalue weighted by Crippen LogP contribution is -2.31. The van der Waals surface area contributed by atoms with Gasteiger partial charge in [-0.1, -0.05) is 38.1 Å². The Bertz CT molecular complexity index is 711. The minimum absolute atomic E-state index is 0.242. The second-order valence-electron chi connectivity index (χ2n) is 5.20. The zero-order valence-electron chi connectivity index (χ0n) is 14.2. The standard InChI is InChI=1S/C19H25NO2S/c1-5-8-15-20(16-9-10-18(6-2)7-3)23(21,22)19-13-11-17(4)12-14-19/h8-9,11-14H,1,6-7,15-16H2,2-4H3. The second-order valence-corrected chi connectivity index (χ2v) is 7.14. The molecule has 0 atom stereocenters. The van der Waals surface area contributed by atoms with E-state index >= 15 is 0 Å². The Kier molecular flexibility index (Phi) is 7.80. The molecule has 0 radical (unpaired) electrons. The molecule has 0 aliphatic heterocycles. The predicted octanol–water partition coefficient (Wildman–Crippen LogP) is 4.23. The normalized spacial score (nSPS) is 10.8. The summed E-state index contributed by atoms with van der Waals surface area (Å²) in [5.74, 6) is 0. The van der Waals surface area contributed by atoms with Crippen LogP contribution >= 0.6 is 0 Å². The summed E-state index contributed by atoms with van der Waals surface area (Å²) in [6.07, 6.45) is 5.24. The summed E-state index contributed by atoms with van der Waals surface area (Å²) >= 11 is 0. The number of nitrogens with zero attached hydrogens (tertiary/aromatic N) is 1. The van der Waals surface area contributed by atoms with Crippen LogP contribution in [0.2, 0.25) is 0 Å². The molecule has 1 aromatic rings. The van der Waals surface area contributed by atoms with Crippen LogP contribution in [-0.4, -0.2) is 25.8 Å². The molecule has 23 heavy (non-hydrogen) atoms. The van der Waals surface area contributed by atoms with Crippen LogP contribution in [-0.2, 0) is 10.0 Å². The third-order valence-electron chi connectivity index (χ3n) is 3.55. The first-order valence-corrected chi connectivity index (χ1v) is 9.23. The molecule has 0 N–H and O–H groups in total. The van der Waals surface area contributed by atoms with E-state index < -0.39 is 10.0 Å². The third kappa shape index (κ3) is 5.70. The number of hydrogen-bond acceptors (Lipinski definition) is 2. The lowest BCUT2D eigenvalue weighted by Gasteiger charge is -2.18. The lowest BCUT2D eigenvalue weighted by molar-refractivity contribution is 0.474. The third-order valence-corrected chi connectivity index (χ3v) is 5.40. The molecular weight excluding hydrogens is 306 g/mol. The van der Waals surface area contributed by atoms with Crippen molar-refractivity contribution < 1.29 is 8.42 Å². The molecule has 0 amide bonds. The van der Waals surface area contributed by atoms with E-state index in [-0.39, 0.29) is 13.1 Å². The van der Waals surface area contributed by atoms with Crippen LogP contribution in [0.5, 0.6) is 0 Å². The summed E-state index contributed by atoms with van der Waals surface area (Å²) < 4.78 is 26.9. The fraction of sp³-hybridized carbons (Fsp3) is 0.368. The van der Waals surface area contributed by atoms with Gasteiger partial charge in [-0.15, -0.1) is 11.5 Å². The molecule has 0 aliphatic rings. The van der Waals surface area contributed by atoms with Crippen LogP contribution in [0, 0.1) is 6.92 Å². The van der Waals surface area contributed by atoms with Gasteiger partial charge in [-0.3, -0.25) is 0 Å². The van der Waals surface area contributed by atoms with Crippen molar-refractivity contribution in [3.8, 4) is 0 Å². The van der Waals surface area contributed by atoms with Crippen LogP contribution < -0.4 is 0 Å². The van der Waals surface area contributed by atoms with E-state index in [0.29, 0.717) is 4.90 Å². The minimum atomic E-state index is -3.55. The Morgan fingerprint density at radius 1 is 1.13 bits per heavy atom. The SMILES string of the molecule is C=C=CCN(CC=C=C(CC)CC)S(=O)(=O)c1ccc(C)cc1. The van der Waals surface area contributed by atoms with E-state index in [1.54, 1.807) is 36.4 Å². The van der Waals surface area contributed by atoms with Crippen molar-refractivity contribution in [2.75, 3.05) is 13.1 Å². The summed E-state index contributed by atoms with van der Waals surface area (Å²) in [6.45, 7) is 10.1. The Balaban J connectivity index is 3.12. The topological polar surface area (TPSA) is 37.4 Å². The second kappa shape index (κ2) is 9.34. The molecule has 3 nitrogen and oxygen atoms in total. The zero-order valence-corrected chi connectivity index (χ0v) is 15.0. The van der Waals surface area contributed by atoms with Gasteiger partial charge in [0.25, 0.3) is 0 Å². The van der Waals surface area contributed by atoms with E-state index in [9.17, 15) is 8.42 Å². The van der Waals surface area contributed by atoms with Crippen LogP contribution in [0.1, 0.15) is 32.3 Å². The maximum atomic E-state index is 12.8. The van der Waals surface area contributed by atoms with Gasteiger partial charge in [0.2, 0.25) is 10.0 Å². The van der Waals surface area contributed by atoms with Gasteiger partial charge >= 0.3 is 0 Å². The average molecular weight is 331 g/mol. The molecule has 0 saturated heterocycles. The van der Waals surface area contributed by atoms with E-state index in [0.717, 1.165) is 18.4 Å². The molecule has 0 unspecified atom stereocenters. The molecule has 0 bridgehead atoms. The Morgan fingerprint density at radius 3 is 2.22 bits per heavy atom. The molecule has 0 fully saturated rings. The van der Waals surface area contributed by atoms with Gasteiger partial charge in [0.05, 0.1) is 4.90 Å². The highest BCUT2D eigenvalue weighted by molar-refractivity contribution is 7.89. The highest BCUT2D eigenvalue weighted by atomic mass is 32.2. The largest absolute Gasteiger partial charge is 0.243 e. The number of sulfonamides is 1. The van der Waals surface area contributed by atoms with Gasteiger partial charge in [-0.05, 0) is 49.6 Å². The van der Waals surface area contributed by atoms with Crippen LogP contribution in [0.3, 0.4) is 0 Å². The van der Waals surface area contributed by atoms with Gasteiger partial charge in [-0.2, -0.15) is 4.31 Å². The molecule has 0 heterocycles. The van der Waals surface area contributed by atoms with Gasteiger partial charge in [0.15, 0.2) is 0 Å². The number of rotatable bonds is 8. The molecule has 124 valence electrons. The van der Waals surface area contributed by atoms with E-state index in [4.69, 9.17) is 0 Å². The highest BCUT2D eigenvalue weighted by Gasteiger charge is 2.22. The maximum Gasteiger partial charge on any atom is 0.243 e. The van der Waals surface area contributed by atoms with E-state index in [2.05, 4.69) is 31.9 Å². The molecule has 0 spiro atoms. The molecule has 0 aromatic heterocycles. The van der Waals surface area contributed by atoms with E-state index in [1.165, 1.54) is 9.88 Å². The van der Waals surface area contributed by atoms with Crippen LogP contribution in [0.25, 0.3) is 0 Å². The molecule has 0 saturated carbocycles. The molecule has 0 aliphatic carbocycles. The quantitative estimate of drug-likeness (QED) is 0.669. The van der Waals surface area contributed by atoms with Crippen molar-refractivity contribution in [1.82, 2.24) is 4.31 Å². The van der Waals surface area contributed by atoms with E-state index in [1.807, 2.05) is 6.92 Å². The number of benzene rings is 1. The molecule has 1 rings (SSSR count). The predicted molar refractivity (Wildman–Crippen MR) is 95.8 cm³/mol. The summed E-state index contributed by atoms with van der Waals surface area (Å²) in [4.78, 5) is 0.296. The first kappa shape index (κ1) is 19.2. The maximum absolute atomic E-state index is 12.8. The van der Waals surface area contributed by atoms with Crippen molar-refractivity contribution in [2.45, 2.75) is 38.5 Å². The van der Waals surface area contributed by atoms with Gasteiger partial charge in [0.1, 0.15) is 0 Å². The van der Waals surface area contributed by atoms with Gasteiger partial charge in [-0.25, -0.2) is 8.42 Å². The smallest absolute Gasteiger partial charge is 0.207 e. The van der Waals surface area contributed by atoms with Gasteiger partial charge < -0.3 is 0 Å². The lowest BCUT2D eigenvalue weighted by atomic mass is 10.2. The highest BCUT2D eigenvalue weighted by Crippen LogP contribution is 2.16. The van der Waals surface area contributed by atoms with Crippen molar-refractivity contribution in [1.29, 1.82) is 0 Å². The van der Waals surface area contributed by atoms with Crippen molar-refractivity contribution in [2.24, 2.45) is 0 Å². The number of aryl methyl sites for hydroxylation is 1. The Labute approximate surface area is 140 Å². The first-order valence-electron chi connectivity index (χ1n) is 7.79.